The Morgan fingerprint density at radius 3 is 1.37 bits per heavy atom. The summed E-state index contributed by atoms with van der Waals surface area (Å²) in [7, 11) is -4.14. The van der Waals surface area contributed by atoms with Crippen molar-refractivity contribution in [2.24, 2.45) is 0 Å². The van der Waals surface area contributed by atoms with Crippen LogP contribution in [0.15, 0.2) is 60.7 Å². The molecule has 0 fully saturated rings. The lowest BCUT2D eigenvalue weighted by Gasteiger charge is -2.13. The van der Waals surface area contributed by atoms with E-state index >= 15 is 0 Å². The van der Waals surface area contributed by atoms with Gasteiger partial charge in [-0.1, -0.05) is 36.4 Å². The number of hydrogen-bond acceptors (Lipinski definition) is 3. The van der Waals surface area contributed by atoms with Crippen molar-refractivity contribution in [3.8, 4) is 11.5 Å². The van der Waals surface area contributed by atoms with Crippen LogP contribution in [0.2, 0.25) is 0 Å². The number of rotatable bonds is 4. The fourth-order valence-electron chi connectivity index (χ4n) is 1.25. The van der Waals surface area contributed by atoms with Crippen LogP contribution in [0.1, 0.15) is 0 Å². The maximum absolute atomic E-state index is 11.7. The highest BCUT2D eigenvalue weighted by Gasteiger charge is 2.24. The third-order valence-corrected chi connectivity index (χ3v) is 2.81. The molecule has 0 aliphatic heterocycles. The molecule has 0 spiro atoms. The number of phosphoric acid groups is 1. The highest BCUT2D eigenvalue weighted by Crippen LogP contribution is 2.43. The van der Waals surface area contributed by atoms with Crippen LogP contribution in [0.5, 0.6) is 11.5 Å². The van der Waals surface area contributed by atoms with Crippen molar-refractivity contribution in [3.05, 3.63) is 60.7 Å². The van der Waals surface area contributed by atoms with E-state index in [-0.39, 0.29) is 22.5 Å². The standard InChI is InChI=1S/C12H11O4P.2H2O/c13-17(14,15-11-7-3-1-4-8-11)16-12-9-5-2-6-10-12;;/h1-10H,(H,13,14);2*1H2. The predicted octanol–water partition coefficient (Wildman–Crippen LogP) is 1.60. The first-order valence-electron chi connectivity index (χ1n) is 4.98. The Hall–Kier alpha value is -1.85. The molecule has 2 aromatic rings. The lowest BCUT2D eigenvalue weighted by Crippen LogP contribution is -1.99. The molecular weight excluding hydrogens is 271 g/mol. The summed E-state index contributed by atoms with van der Waals surface area (Å²) < 4.78 is 21.5. The predicted molar refractivity (Wildman–Crippen MR) is 71.2 cm³/mol. The lowest BCUT2D eigenvalue weighted by molar-refractivity contribution is 0.291. The van der Waals surface area contributed by atoms with E-state index in [9.17, 15) is 9.46 Å². The second kappa shape index (κ2) is 7.56. The molecule has 19 heavy (non-hydrogen) atoms. The monoisotopic (exact) mass is 286 g/mol. The van der Waals surface area contributed by atoms with Crippen molar-refractivity contribution >= 4 is 7.82 Å². The topological polar surface area (TPSA) is 119 Å². The SMILES string of the molecule is O.O.O=P(O)(Oc1ccccc1)Oc1ccccc1. The van der Waals surface area contributed by atoms with Gasteiger partial charge in [0.2, 0.25) is 0 Å². The van der Waals surface area contributed by atoms with Crippen LogP contribution in [0.4, 0.5) is 0 Å². The molecule has 6 nitrogen and oxygen atoms in total. The van der Waals surface area contributed by atoms with Crippen LogP contribution >= 0.6 is 7.82 Å². The van der Waals surface area contributed by atoms with E-state index in [0.717, 1.165) is 0 Å². The number of benzene rings is 2. The number of phosphoric ester groups is 1. The summed E-state index contributed by atoms with van der Waals surface area (Å²) in [4.78, 5) is 9.53. The second-order valence-corrected chi connectivity index (χ2v) is 4.58. The van der Waals surface area contributed by atoms with Crippen LogP contribution in [0.3, 0.4) is 0 Å². The summed E-state index contributed by atoms with van der Waals surface area (Å²) in [5.41, 5.74) is 0. The van der Waals surface area contributed by atoms with Crippen molar-refractivity contribution in [1.82, 2.24) is 0 Å². The third-order valence-electron chi connectivity index (χ3n) is 1.93. The van der Waals surface area contributed by atoms with Crippen LogP contribution in [-0.2, 0) is 4.57 Å². The van der Waals surface area contributed by atoms with Gasteiger partial charge in [-0.05, 0) is 24.3 Å². The molecule has 104 valence electrons. The summed E-state index contributed by atoms with van der Waals surface area (Å²) in [6.07, 6.45) is 0. The van der Waals surface area contributed by atoms with Gasteiger partial charge in [0, 0.05) is 0 Å². The van der Waals surface area contributed by atoms with Gasteiger partial charge in [-0.25, -0.2) is 4.57 Å². The summed E-state index contributed by atoms with van der Waals surface area (Å²) in [5, 5.41) is 0. The smallest absolute Gasteiger partial charge is 0.412 e. The Morgan fingerprint density at radius 1 is 0.737 bits per heavy atom. The first kappa shape index (κ1) is 17.2. The van der Waals surface area contributed by atoms with Gasteiger partial charge in [-0.3, -0.25) is 4.89 Å². The largest absolute Gasteiger partial charge is 0.584 e. The molecule has 0 saturated heterocycles. The Kier molecular flexibility index (Phi) is 6.82. The molecule has 0 aliphatic carbocycles. The molecule has 0 aromatic heterocycles. The van der Waals surface area contributed by atoms with Gasteiger partial charge < -0.3 is 20.0 Å². The van der Waals surface area contributed by atoms with E-state index in [2.05, 4.69) is 0 Å². The third kappa shape index (κ3) is 5.54. The van der Waals surface area contributed by atoms with E-state index in [0.29, 0.717) is 0 Å². The van der Waals surface area contributed by atoms with Crippen LogP contribution < -0.4 is 9.05 Å². The van der Waals surface area contributed by atoms with Crippen molar-refractivity contribution in [2.45, 2.75) is 0 Å². The highest BCUT2D eigenvalue weighted by atomic mass is 31.2. The van der Waals surface area contributed by atoms with E-state index in [1.165, 1.54) is 0 Å². The molecule has 2 aromatic carbocycles. The molecule has 0 atom stereocenters. The van der Waals surface area contributed by atoms with Crippen LogP contribution in [0, 0.1) is 0 Å². The molecule has 0 unspecified atom stereocenters. The van der Waals surface area contributed by atoms with E-state index < -0.39 is 7.82 Å². The number of para-hydroxylation sites is 2. The molecule has 0 amide bonds. The summed E-state index contributed by atoms with van der Waals surface area (Å²) in [6, 6.07) is 16.7. The highest BCUT2D eigenvalue weighted by molar-refractivity contribution is 7.48. The fraction of sp³-hybridized carbons (Fsp3) is 0. The maximum Gasteiger partial charge on any atom is 0.584 e. The van der Waals surface area contributed by atoms with Gasteiger partial charge in [-0.2, -0.15) is 0 Å². The molecule has 0 heterocycles. The minimum Gasteiger partial charge on any atom is -0.412 e. The fourth-order valence-corrected chi connectivity index (χ4v) is 2.06. The van der Waals surface area contributed by atoms with Gasteiger partial charge in [0.1, 0.15) is 11.5 Å². The van der Waals surface area contributed by atoms with Crippen molar-refractivity contribution in [3.63, 3.8) is 0 Å². The first-order chi connectivity index (χ1) is 8.16. The summed E-state index contributed by atoms with van der Waals surface area (Å²) >= 11 is 0. The molecule has 0 aliphatic rings. The van der Waals surface area contributed by atoms with Gasteiger partial charge in [-0.15, -0.1) is 0 Å². The van der Waals surface area contributed by atoms with Gasteiger partial charge in [0.15, 0.2) is 0 Å². The summed E-state index contributed by atoms with van der Waals surface area (Å²) in [5.74, 6) is 0.573. The van der Waals surface area contributed by atoms with Crippen molar-refractivity contribution in [1.29, 1.82) is 0 Å². The minimum absolute atomic E-state index is 0. The zero-order chi connectivity index (χ0) is 12.1. The van der Waals surface area contributed by atoms with Crippen molar-refractivity contribution < 1.29 is 29.5 Å². The lowest BCUT2D eigenvalue weighted by atomic mass is 10.3. The van der Waals surface area contributed by atoms with Gasteiger partial charge in [0.05, 0.1) is 0 Å². The molecule has 0 radical (unpaired) electrons. The van der Waals surface area contributed by atoms with Crippen LogP contribution in [0.25, 0.3) is 0 Å². The average molecular weight is 286 g/mol. The van der Waals surface area contributed by atoms with Crippen LogP contribution in [-0.4, -0.2) is 15.8 Å². The van der Waals surface area contributed by atoms with Crippen molar-refractivity contribution in [2.75, 3.05) is 0 Å². The van der Waals surface area contributed by atoms with E-state index in [1.54, 1.807) is 60.7 Å². The first-order valence-corrected chi connectivity index (χ1v) is 6.47. The zero-order valence-corrected chi connectivity index (χ0v) is 10.8. The van der Waals surface area contributed by atoms with Gasteiger partial charge >= 0.3 is 7.82 Å². The normalized spacial score (nSPS) is 9.74. The minimum atomic E-state index is -4.14. The quantitative estimate of drug-likeness (QED) is 0.858. The van der Waals surface area contributed by atoms with E-state index in [1.807, 2.05) is 0 Å². The zero-order valence-electron chi connectivity index (χ0n) is 9.89. The van der Waals surface area contributed by atoms with E-state index in [4.69, 9.17) is 9.05 Å². The molecule has 0 saturated carbocycles. The molecule has 5 N–H and O–H groups in total. The Labute approximate surface area is 110 Å². The Balaban J connectivity index is 0.00000162. The average Bonchev–Trinajstić information content (AvgIpc) is 2.30. The Morgan fingerprint density at radius 2 is 1.05 bits per heavy atom. The summed E-state index contributed by atoms with van der Waals surface area (Å²) in [6.45, 7) is 0. The molecule has 2 rings (SSSR count). The number of hydrogen-bond donors (Lipinski definition) is 1. The second-order valence-electron chi connectivity index (χ2n) is 3.28. The molecule has 7 heteroatoms. The molecule has 0 bridgehead atoms. The maximum atomic E-state index is 11.7. The Bertz CT molecular complexity index is 471. The molecular formula is C12H15O6P. The van der Waals surface area contributed by atoms with Gasteiger partial charge in [0.25, 0.3) is 0 Å².